The highest BCUT2D eigenvalue weighted by Crippen LogP contribution is 2.55. The topological polar surface area (TPSA) is 55.1 Å². The van der Waals surface area contributed by atoms with E-state index in [1.807, 2.05) is 18.2 Å². The minimum absolute atomic E-state index is 0.0993. The fraction of sp³-hybridized carbons (Fsp3) is 0.462. The lowest BCUT2D eigenvalue weighted by molar-refractivity contribution is -0.118. The van der Waals surface area contributed by atoms with E-state index in [1.165, 1.54) is 0 Å². The van der Waals surface area contributed by atoms with Crippen LogP contribution in [0.5, 0.6) is 0 Å². The van der Waals surface area contributed by atoms with E-state index in [0.717, 1.165) is 18.5 Å². The van der Waals surface area contributed by atoms with Gasteiger partial charge in [0.1, 0.15) is 0 Å². The Bertz CT molecular complexity index is 416. The van der Waals surface area contributed by atoms with Crippen molar-refractivity contribution in [2.24, 2.45) is 11.3 Å². The van der Waals surface area contributed by atoms with E-state index in [1.54, 1.807) is 6.07 Å². The Kier molecular flexibility index (Phi) is 2.62. The number of anilines is 2. The highest BCUT2D eigenvalue weighted by Gasteiger charge is 2.52. The number of carbonyl (C=O) groups is 1. The van der Waals surface area contributed by atoms with Crippen LogP contribution in [0.3, 0.4) is 0 Å². The van der Waals surface area contributed by atoms with E-state index in [9.17, 15) is 4.79 Å². The summed E-state index contributed by atoms with van der Waals surface area (Å²) in [6.45, 7) is 4.29. The average Bonchev–Trinajstić information content (AvgIpc) is 2.95. The van der Waals surface area contributed by atoms with Crippen molar-refractivity contribution >= 4 is 17.3 Å². The first kappa shape index (κ1) is 11.0. The lowest BCUT2D eigenvalue weighted by Crippen LogP contribution is -2.18. The molecule has 0 spiro atoms. The van der Waals surface area contributed by atoms with Crippen LogP contribution in [0, 0.1) is 11.3 Å². The molecule has 16 heavy (non-hydrogen) atoms. The second kappa shape index (κ2) is 3.81. The molecule has 1 amide bonds. The number of benzene rings is 1. The first-order chi connectivity index (χ1) is 7.57. The summed E-state index contributed by atoms with van der Waals surface area (Å²) in [5, 5.41) is 2.90. The highest BCUT2D eigenvalue weighted by molar-refractivity contribution is 5.97. The van der Waals surface area contributed by atoms with Gasteiger partial charge in [0.05, 0.1) is 11.4 Å². The van der Waals surface area contributed by atoms with Gasteiger partial charge in [-0.3, -0.25) is 4.79 Å². The number of nitrogen functional groups attached to an aromatic ring is 1. The van der Waals surface area contributed by atoms with Crippen LogP contribution in [0.25, 0.3) is 0 Å². The van der Waals surface area contributed by atoms with Crippen LogP contribution < -0.4 is 11.1 Å². The molecule has 0 bridgehead atoms. The van der Waals surface area contributed by atoms with E-state index >= 15 is 0 Å². The first-order valence-electron chi connectivity index (χ1n) is 5.72. The molecule has 3 N–H and O–H groups in total. The number of nitrogens with two attached hydrogens (primary N) is 1. The number of amides is 1. The van der Waals surface area contributed by atoms with E-state index in [2.05, 4.69) is 19.2 Å². The highest BCUT2D eigenvalue weighted by atomic mass is 16.2. The normalized spacial score (nSPS) is 27.5. The predicted octanol–water partition coefficient (Wildman–Crippen LogP) is 2.64. The van der Waals surface area contributed by atoms with Gasteiger partial charge in [0.15, 0.2) is 0 Å². The molecule has 2 unspecified atom stereocenters. The predicted molar refractivity (Wildman–Crippen MR) is 66.0 cm³/mol. The van der Waals surface area contributed by atoms with Crippen molar-refractivity contribution in [2.45, 2.75) is 26.7 Å². The molecule has 0 saturated heterocycles. The minimum Gasteiger partial charge on any atom is -0.397 e. The van der Waals surface area contributed by atoms with Gasteiger partial charge in [0, 0.05) is 5.92 Å². The second-order valence-corrected chi connectivity index (χ2v) is 4.84. The standard InChI is InChI=1S/C13H18N2O/c1-3-13(2)8-9(13)12(16)15-11-7-5-4-6-10(11)14/h4-7,9H,3,8,14H2,1-2H3,(H,15,16). The van der Waals surface area contributed by atoms with Crippen LogP contribution in [0.15, 0.2) is 24.3 Å². The molecule has 1 aliphatic rings. The van der Waals surface area contributed by atoms with Crippen molar-refractivity contribution in [2.75, 3.05) is 11.1 Å². The Hall–Kier alpha value is -1.51. The molecule has 0 aliphatic heterocycles. The first-order valence-corrected chi connectivity index (χ1v) is 5.72. The maximum absolute atomic E-state index is 11.9. The molecule has 1 fully saturated rings. The van der Waals surface area contributed by atoms with Crippen molar-refractivity contribution in [3.05, 3.63) is 24.3 Å². The Balaban J connectivity index is 2.02. The van der Waals surface area contributed by atoms with Crippen LogP contribution in [-0.4, -0.2) is 5.91 Å². The Morgan fingerprint density at radius 1 is 1.56 bits per heavy atom. The Labute approximate surface area is 96.0 Å². The number of hydrogen-bond donors (Lipinski definition) is 2. The molecule has 3 heteroatoms. The molecule has 3 nitrogen and oxygen atoms in total. The Morgan fingerprint density at radius 2 is 2.25 bits per heavy atom. The van der Waals surface area contributed by atoms with Gasteiger partial charge in [-0.05, 0) is 30.4 Å². The number of para-hydroxylation sites is 2. The van der Waals surface area contributed by atoms with Crippen molar-refractivity contribution in [1.82, 2.24) is 0 Å². The van der Waals surface area contributed by atoms with Crippen molar-refractivity contribution < 1.29 is 4.79 Å². The molecule has 2 atom stereocenters. The lowest BCUT2D eigenvalue weighted by Gasteiger charge is -2.10. The van der Waals surface area contributed by atoms with E-state index < -0.39 is 0 Å². The number of hydrogen-bond acceptors (Lipinski definition) is 2. The summed E-state index contributed by atoms with van der Waals surface area (Å²) in [5.41, 5.74) is 7.32. The summed E-state index contributed by atoms with van der Waals surface area (Å²) in [6.07, 6.45) is 2.04. The smallest absolute Gasteiger partial charge is 0.228 e. The Morgan fingerprint density at radius 3 is 2.81 bits per heavy atom. The fourth-order valence-electron chi connectivity index (χ4n) is 2.04. The van der Waals surface area contributed by atoms with Gasteiger partial charge in [0.25, 0.3) is 0 Å². The third-order valence-corrected chi connectivity index (χ3v) is 3.69. The lowest BCUT2D eigenvalue weighted by atomic mass is 10.0. The number of rotatable bonds is 3. The summed E-state index contributed by atoms with van der Waals surface area (Å²) < 4.78 is 0. The second-order valence-electron chi connectivity index (χ2n) is 4.84. The van der Waals surface area contributed by atoms with E-state index in [4.69, 9.17) is 5.73 Å². The molecule has 0 radical (unpaired) electrons. The van der Waals surface area contributed by atoms with Gasteiger partial charge >= 0.3 is 0 Å². The van der Waals surface area contributed by atoms with Crippen molar-refractivity contribution in [3.8, 4) is 0 Å². The van der Waals surface area contributed by atoms with Gasteiger partial charge < -0.3 is 11.1 Å². The van der Waals surface area contributed by atoms with Gasteiger partial charge in [-0.1, -0.05) is 26.0 Å². The molecular formula is C13H18N2O. The van der Waals surface area contributed by atoms with Gasteiger partial charge in [-0.15, -0.1) is 0 Å². The number of nitrogens with one attached hydrogen (secondary N) is 1. The summed E-state index contributed by atoms with van der Waals surface area (Å²) in [4.78, 5) is 11.9. The maximum atomic E-state index is 11.9. The van der Waals surface area contributed by atoms with Gasteiger partial charge in [-0.2, -0.15) is 0 Å². The molecule has 86 valence electrons. The molecule has 1 aromatic carbocycles. The molecule has 1 aromatic rings. The maximum Gasteiger partial charge on any atom is 0.228 e. The summed E-state index contributed by atoms with van der Waals surface area (Å²) in [5.74, 6) is 0.249. The SMILES string of the molecule is CCC1(C)CC1C(=O)Nc1ccccc1N. The van der Waals surface area contributed by atoms with Gasteiger partial charge in [-0.25, -0.2) is 0 Å². The van der Waals surface area contributed by atoms with Crippen LogP contribution >= 0.6 is 0 Å². The number of carbonyl (C=O) groups excluding carboxylic acids is 1. The van der Waals surface area contributed by atoms with E-state index in [-0.39, 0.29) is 17.2 Å². The zero-order valence-electron chi connectivity index (χ0n) is 9.79. The zero-order valence-corrected chi connectivity index (χ0v) is 9.79. The van der Waals surface area contributed by atoms with Crippen LogP contribution in [0.2, 0.25) is 0 Å². The molecule has 0 heterocycles. The summed E-state index contributed by atoms with van der Waals surface area (Å²) >= 11 is 0. The monoisotopic (exact) mass is 218 g/mol. The zero-order chi connectivity index (χ0) is 11.8. The quantitative estimate of drug-likeness (QED) is 0.766. The van der Waals surface area contributed by atoms with Crippen LogP contribution in [-0.2, 0) is 4.79 Å². The van der Waals surface area contributed by atoms with Crippen molar-refractivity contribution in [1.29, 1.82) is 0 Å². The van der Waals surface area contributed by atoms with Gasteiger partial charge in [0.2, 0.25) is 5.91 Å². The molecule has 1 saturated carbocycles. The molecule has 1 aliphatic carbocycles. The average molecular weight is 218 g/mol. The molecule has 2 rings (SSSR count). The van der Waals surface area contributed by atoms with Crippen molar-refractivity contribution in [3.63, 3.8) is 0 Å². The fourth-order valence-corrected chi connectivity index (χ4v) is 2.04. The third-order valence-electron chi connectivity index (χ3n) is 3.69. The largest absolute Gasteiger partial charge is 0.397 e. The minimum atomic E-state index is 0.0993. The third kappa shape index (κ3) is 1.90. The van der Waals surface area contributed by atoms with Crippen LogP contribution in [0.1, 0.15) is 26.7 Å². The van der Waals surface area contributed by atoms with Crippen LogP contribution in [0.4, 0.5) is 11.4 Å². The molecular weight excluding hydrogens is 200 g/mol. The van der Waals surface area contributed by atoms with E-state index in [0.29, 0.717) is 5.69 Å². The summed E-state index contributed by atoms with van der Waals surface area (Å²) in [6, 6.07) is 7.36. The summed E-state index contributed by atoms with van der Waals surface area (Å²) in [7, 11) is 0. The molecule has 0 aromatic heterocycles.